The highest BCUT2D eigenvalue weighted by Crippen LogP contribution is 2.27. The maximum absolute atomic E-state index is 5.69. The number of nitrogens with two attached hydrogens (primary N) is 1. The molecule has 3 heteroatoms. The Kier molecular flexibility index (Phi) is 3.06. The van der Waals surface area contributed by atoms with E-state index in [9.17, 15) is 0 Å². The van der Waals surface area contributed by atoms with Crippen molar-refractivity contribution < 1.29 is 4.74 Å². The molecule has 0 fully saturated rings. The molecule has 1 atom stereocenters. The van der Waals surface area contributed by atoms with E-state index in [1.165, 1.54) is 0 Å². The van der Waals surface area contributed by atoms with Gasteiger partial charge < -0.3 is 10.5 Å². The minimum Gasteiger partial charge on any atom is -0.481 e. The Hall–Kier alpha value is -1.61. The number of rotatable bonds is 3. The first-order chi connectivity index (χ1) is 7.76. The molecule has 2 rings (SSSR count). The molecule has 84 valence electrons. The van der Waals surface area contributed by atoms with E-state index in [0.717, 1.165) is 16.5 Å². The second kappa shape index (κ2) is 4.49. The maximum Gasteiger partial charge on any atom is 0.217 e. The molecule has 3 nitrogen and oxygen atoms in total. The van der Waals surface area contributed by atoms with E-state index < -0.39 is 0 Å². The summed E-state index contributed by atoms with van der Waals surface area (Å²) in [6.07, 6.45) is 0. The largest absolute Gasteiger partial charge is 0.481 e. The molecule has 2 N–H and O–H groups in total. The topological polar surface area (TPSA) is 48.1 Å². The van der Waals surface area contributed by atoms with Crippen molar-refractivity contribution in [3.63, 3.8) is 0 Å². The summed E-state index contributed by atoms with van der Waals surface area (Å²) in [5, 5.41) is 1.12. The van der Waals surface area contributed by atoms with Crippen molar-refractivity contribution in [1.82, 2.24) is 4.98 Å². The van der Waals surface area contributed by atoms with Gasteiger partial charge in [-0.3, -0.25) is 0 Å². The normalized spacial score (nSPS) is 12.7. The van der Waals surface area contributed by atoms with Crippen LogP contribution in [0.3, 0.4) is 0 Å². The number of para-hydroxylation sites is 1. The molecule has 1 heterocycles. The van der Waals surface area contributed by atoms with Crippen LogP contribution in [0.15, 0.2) is 30.3 Å². The van der Waals surface area contributed by atoms with Gasteiger partial charge in [0.25, 0.3) is 0 Å². The Balaban J connectivity index is 2.62. The Morgan fingerprint density at radius 3 is 2.81 bits per heavy atom. The third kappa shape index (κ3) is 1.86. The van der Waals surface area contributed by atoms with Crippen molar-refractivity contribution in [2.75, 3.05) is 13.7 Å². The van der Waals surface area contributed by atoms with Gasteiger partial charge in [0, 0.05) is 10.9 Å². The molecule has 0 bridgehead atoms. The lowest BCUT2D eigenvalue weighted by molar-refractivity contribution is 0.391. The predicted molar refractivity (Wildman–Crippen MR) is 65.8 cm³/mol. The molecule has 0 saturated carbocycles. The Bertz CT molecular complexity index is 496. The number of hydrogen-bond donors (Lipinski definition) is 1. The average molecular weight is 216 g/mol. The predicted octanol–water partition coefficient (Wildman–Crippen LogP) is 2.31. The van der Waals surface area contributed by atoms with Crippen molar-refractivity contribution in [2.24, 2.45) is 5.73 Å². The zero-order valence-corrected chi connectivity index (χ0v) is 9.60. The molecule has 0 saturated heterocycles. The lowest BCUT2D eigenvalue weighted by Crippen LogP contribution is -2.10. The van der Waals surface area contributed by atoms with Crippen molar-refractivity contribution in [3.8, 4) is 5.88 Å². The molecule has 0 radical (unpaired) electrons. The molecule has 0 amide bonds. The van der Waals surface area contributed by atoms with Crippen molar-refractivity contribution in [3.05, 3.63) is 35.9 Å². The zero-order valence-electron chi connectivity index (χ0n) is 9.60. The lowest BCUT2D eigenvalue weighted by Gasteiger charge is -2.13. The summed E-state index contributed by atoms with van der Waals surface area (Å²) in [7, 11) is 1.64. The van der Waals surface area contributed by atoms with Crippen LogP contribution in [0.1, 0.15) is 18.4 Å². The summed E-state index contributed by atoms with van der Waals surface area (Å²) in [6.45, 7) is 2.67. The quantitative estimate of drug-likeness (QED) is 0.856. The number of nitrogens with zero attached hydrogens (tertiary/aromatic N) is 1. The van der Waals surface area contributed by atoms with Crippen LogP contribution in [0.5, 0.6) is 5.88 Å². The minimum atomic E-state index is 0.257. The molecule has 2 aromatic rings. The summed E-state index contributed by atoms with van der Waals surface area (Å²) < 4.78 is 5.31. The lowest BCUT2D eigenvalue weighted by atomic mass is 10.0. The van der Waals surface area contributed by atoms with Crippen LogP contribution in [-0.4, -0.2) is 18.6 Å². The number of hydrogen-bond acceptors (Lipinski definition) is 3. The molecular weight excluding hydrogens is 200 g/mol. The van der Waals surface area contributed by atoms with Crippen LogP contribution in [0.2, 0.25) is 0 Å². The van der Waals surface area contributed by atoms with E-state index in [1.807, 2.05) is 18.2 Å². The van der Waals surface area contributed by atoms with E-state index in [1.54, 1.807) is 7.11 Å². The molecule has 16 heavy (non-hydrogen) atoms. The van der Waals surface area contributed by atoms with Gasteiger partial charge >= 0.3 is 0 Å². The zero-order chi connectivity index (χ0) is 11.5. The van der Waals surface area contributed by atoms with Gasteiger partial charge in [0.1, 0.15) is 0 Å². The van der Waals surface area contributed by atoms with Crippen LogP contribution in [0, 0.1) is 0 Å². The number of methoxy groups -OCH3 is 1. The molecular formula is C13H16N2O. The summed E-state index contributed by atoms with van der Waals surface area (Å²) in [5.74, 6) is 0.934. The van der Waals surface area contributed by atoms with Gasteiger partial charge in [-0.1, -0.05) is 25.1 Å². The highest BCUT2D eigenvalue weighted by molar-refractivity contribution is 5.80. The summed E-state index contributed by atoms with van der Waals surface area (Å²) in [4.78, 5) is 4.48. The van der Waals surface area contributed by atoms with Crippen molar-refractivity contribution >= 4 is 10.9 Å². The van der Waals surface area contributed by atoms with Crippen molar-refractivity contribution in [1.29, 1.82) is 0 Å². The van der Waals surface area contributed by atoms with E-state index in [4.69, 9.17) is 10.5 Å². The second-order valence-corrected chi connectivity index (χ2v) is 3.92. The van der Waals surface area contributed by atoms with Crippen LogP contribution < -0.4 is 10.5 Å². The summed E-state index contributed by atoms with van der Waals surface area (Å²) >= 11 is 0. The highest BCUT2D eigenvalue weighted by atomic mass is 16.5. The fourth-order valence-electron chi connectivity index (χ4n) is 1.76. The van der Waals surface area contributed by atoms with E-state index in [2.05, 4.69) is 24.0 Å². The van der Waals surface area contributed by atoms with E-state index >= 15 is 0 Å². The number of pyridine rings is 1. The van der Waals surface area contributed by atoms with Crippen LogP contribution >= 0.6 is 0 Å². The highest BCUT2D eigenvalue weighted by Gasteiger charge is 2.12. The molecule has 0 aliphatic carbocycles. The molecule has 1 aromatic heterocycles. The van der Waals surface area contributed by atoms with Gasteiger partial charge in [0.15, 0.2) is 0 Å². The van der Waals surface area contributed by atoms with Crippen molar-refractivity contribution in [2.45, 2.75) is 12.8 Å². The SMILES string of the molecule is COc1nc2ccccc2cc1C(C)CN. The fraction of sp³-hybridized carbons (Fsp3) is 0.308. The average Bonchev–Trinajstić information content (AvgIpc) is 2.36. The Morgan fingerprint density at radius 1 is 1.38 bits per heavy atom. The molecule has 0 spiro atoms. The third-order valence-electron chi connectivity index (χ3n) is 2.79. The van der Waals surface area contributed by atoms with Gasteiger partial charge in [-0.2, -0.15) is 0 Å². The van der Waals surface area contributed by atoms with Crippen LogP contribution in [-0.2, 0) is 0 Å². The number of aromatic nitrogens is 1. The first kappa shape index (κ1) is 10.9. The molecule has 1 aromatic carbocycles. The van der Waals surface area contributed by atoms with E-state index in [0.29, 0.717) is 12.4 Å². The number of benzene rings is 1. The van der Waals surface area contributed by atoms with Crippen LogP contribution in [0.4, 0.5) is 0 Å². The third-order valence-corrected chi connectivity index (χ3v) is 2.79. The maximum atomic E-state index is 5.69. The second-order valence-electron chi connectivity index (χ2n) is 3.92. The summed E-state index contributed by atoms with van der Waals surface area (Å²) in [6, 6.07) is 10.1. The summed E-state index contributed by atoms with van der Waals surface area (Å²) in [5.41, 5.74) is 7.71. The molecule has 1 unspecified atom stereocenters. The number of ether oxygens (including phenoxy) is 1. The van der Waals surface area contributed by atoms with Gasteiger partial charge in [-0.15, -0.1) is 0 Å². The van der Waals surface area contributed by atoms with Crippen LogP contribution in [0.25, 0.3) is 10.9 Å². The van der Waals surface area contributed by atoms with Gasteiger partial charge in [0.05, 0.1) is 12.6 Å². The first-order valence-electron chi connectivity index (χ1n) is 5.40. The minimum absolute atomic E-state index is 0.257. The fourth-order valence-corrected chi connectivity index (χ4v) is 1.76. The van der Waals surface area contributed by atoms with E-state index in [-0.39, 0.29) is 5.92 Å². The van der Waals surface area contributed by atoms with Gasteiger partial charge in [-0.25, -0.2) is 4.98 Å². The standard InChI is InChI=1S/C13H16N2O/c1-9(8-14)11-7-10-5-3-4-6-12(10)15-13(11)16-2/h3-7,9H,8,14H2,1-2H3. The number of fused-ring (bicyclic) bond motifs is 1. The first-order valence-corrected chi connectivity index (χ1v) is 5.40. The Labute approximate surface area is 95.2 Å². The van der Waals surface area contributed by atoms with Gasteiger partial charge in [-0.05, 0) is 24.6 Å². The van der Waals surface area contributed by atoms with Gasteiger partial charge in [0.2, 0.25) is 5.88 Å². The molecule has 0 aliphatic rings. The molecule has 0 aliphatic heterocycles. The smallest absolute Gasteiger partial charge is 0.217 e. The Morgan fingerprint density at radius 2 is 2.12 bits per heavy atom. The monoisotopic (exact) mass is 216 g/mol.